The van der Waals surface area contributed by atoms with Gasteiger partial charge in [-0.15, -0.1) is 0 Å². The molecule has 1 heterocycles. The van der Waals surface area contributed by atoms with E-state index in [0.717, 1.165) is 19.3 Å². The summed E-state index contributed by atoms with van der Waals surface area (Å²) >= 11 is 0. The number of carbonyl (C=O) groups is 1. The summed E-state index contributed by atoms with van der Waals surface area (Å²) in [4.78, 5) is 10.4. The van der Waals surface area contributed by atoms with Crippen LogP contribution in [0.3, 0.4) is 0 Å². The van der Waals surface area contributed by atoms with E-state index in [1.807, 2.05) is 0 Å². The fourth-order valence-corrected chi connectivity index (χ4v) is 2.21. The zero-order valence-electron chi connectivity index (χ0n) is 9.54. The molecule has 0 aromatic rings. The number of amides is 1. The van der Waals surface area contributed by atoms with E-state index in [9.17, 15) is 4.79 Å². The summed E-state index contributed by atoms with van der Waals surface area (Å²) in [7, 11) is 0. The molecule has 1 aliphatic rings. The van der Waals surface area contributed by atoms with Gasteiger partial charge in [-0.05, 0) is 39.5 Å². The second-order valence-corrected chi connectivity index (χ2v) is 4.98. The van der Waals surface area contributed by atoms with Crippen LogP contribution in [0.2, 0.25) is 0 Å². The standard InChI is InChI=1S/C11H21NO2/c1-8-5-10(12-7-13)6-11(3,4)14-9(8)2/h7-10H,5-6H2,1-4H3,(H,12,13). The number of carbonyl (C=O) groups excluding carboxylic acids is 1. The molecule has 3 atom stereocenters. The zero-order chi connectivity index (χ0) is 10.8. The highest BCUT2D eigenvalue weighted by Crippen LogP contribution is 2.30. The Morgan fingerprint density at radius 1 is 1.43 bits per heavy atom. The molecule has 14 heavy (non-hydrogen) atoms. The number of hydrogen-bond acceptors (Lipinski definition) is 2. The normalized spacial score (nSPS) is 37.3. The van der Waals surface area contributed by atoms with Crippen molar-refractivity contribution in [1.29, 1.82) is 0 Å². The molecule has 3 nitrogen and oxygen atoms in total. The van der Waals surface area contributed by atoms with Gasteiger partial charge in [0, 0.05) is 6.04 Å². The van der Waals surface area contributed by atoms with Gasteiger partial charge in [0.15, 0.2) is 0 Å². The maximum Gasteiger partial charge on any atom is 0.207 e. The van der Waals surface area contributed by atoms with E-state index in [1.165, 1.54) is 0 Å². The van der Waals surface area contributed by atoms with Crippen molar-refractivity contribution in [3.63, 3.8) is 0 Å². The summed E-state index contributed by atoms with van der Waals surface area (Å²) in [6, 6.07) is 0.252. The summed E-state index contributed by atoms with van der Waals surface area (Å²) in [5.41, 5.74) is -0.134. The maximum atomic E-state index is 10.4. The van der Waals surface area contributed by atoms with Gasteiger partial charge in [0.25, 0.3) is 0 Å². The van der Waals surface area contributed by atoms with Crippen LogP contribution in [-0.2, 0) is 9.53 Å². The second kappa shape index (κ2) is 4.30. The highest BCUT2D eigenvalue weighted by Gasteiger charge is 2.33. The van der Waals surface area contributed by atoms with Crippen molar-refractivity contribution in [2.24, 2.45) is 5.92 Å². The van der Waals surface area contributed by atoms with Gasteiger partial charge >= 0.3 is 0 Å². The van der Waals surface area contributed by atoms with Crippen molar-refractivity contribution in [3.05, 3.63) is 0 Å². The van der Waals surface area contributed by atoms with Crippen molar-refractivity contribution in [1.82, 2.24) is 5.32 Å². The van der Waals surface area contributed by atoms with Crippen LogP contribution in [0, 0.1) is 5.92 Å². The predicted molar refractivity (Wildman–Crippen MR) is 56.0 cm³/mol. The van der Waals surface area contributed by atoms with Crippen LogP contribution in [0.5, 0.6) is 0 Å². The van der Waals surface area contributed by atoms with Crippen molar-refractivity contribution in [3.8, 4) is 0 Å². The first-order chi connectivity index (χ1) is 6.44. The molecule has 0 saturated carbocycles. The Morgan fingerprint density at radius 3 is 2.64 bits per heavy atom. The Balaban J connectivity index is 2.68. The lowest BCUT2D eigenvalue weighted by atomic mass is 9.93. The molecule has 3 unspecified atom stereocenters. The van der Waals surface area contributed by atoms with E-state index in [1.54, 1.807) is 0 Å². The monoisotopic (exact) mass is 199 g/mol. The average Bonchev–Trinajstić information content (AvgIpc) is 2.09. The SMILES string of the molecule is CC1CC(NC=O)CC(C)(C)OC1C. The van der Waals surface area contributed by atoms with E-state index in [2.05, 4.69) is 33.0 Å². The summed E-state index contributed by atoms with van der Waals surface area (Å²) in [6.07, 6.45) is 2.95. The fourth-order valence-electron chi connectivity index (χ4n) is 2.21. The summed E-state index contributed by atoms with van der Waals surface area (Å²) in [5, 5.41) is 2.87. The number of ether oxygens (including phenoxy) is 1. The molecular weight excluding hydrogens is 178 g/mol. The third-order valence-electron chi connectivity index (χ3n) is 3.00. The van der Waals surface area contributed by atoms with Gasteiger partial charge in [-0.1, -0.05) is 6.92 Å². The first-order valence-electron chi connectivity index (χ1n) is 5.32. The van der Waals surface area contributed by atoms with Crippen LogP contribution < -0.4 is 5.32 Å². The van der Waals surface area contributed by atoms with E-state index in [4.69, 9.17) is 4.74 Å². The van der Waals surface area contributed by atoms with Crippen LogP contribution in [0.4, 0.5) is 0 Å². The van der Waals surface area contributed by atoms with Crippen LogP contribution >= 0.6 is 0 Å². The number of hydrogen-bond donors (Lipinski definition) is 1. The minimum absolute atomic E-state index is 0.134. The second-order valence-electron chi connectivity index (χ2n) is 4.98. The minimum atomic E-state index is -0.134. The molecule has 0 radical (unpaired) electrons. The van der Waals surface area contributed by atoms with Gasteiger partial charge in [0.05, 0.1) is 11.7 Å². The van der Waals surface area contributed by atoms with Crippen LogP contribution in [-0.4, -0.2) is 24.2 Å². The van der Waals surface area contributed by atoms with Crippen LogP contribution in [0.25, 0.3) is 0 Å². The lowest BCUT2D eigenvalue weighted by Crippen LogP contribution is -2.35. The quantitative estimate of drug-likeness (QED) is 0.688. The summed E-state index contributed by atoms with van der Waals surface area (Å²) in [6.45, 7) is 8.45. The minimum Gasteiger partial charge on any atom is -0.372 e. The molecule has 3 heteroatoms. The molecule has 1 N–H and O–H groups in total. The summed E-state index contributed by atoms with van der Waals surface area (Å²) < 4.78 is 5.93. The van der Waals surface area contributed by atoms with Gasteiger partial charge in [-0.2, -0.15) is 0 Å². The lowest BCUT2D eigenvalue weighted by Gasteiger charge is -2.28. The summed E-state index contributed by atoms with van der Waals surface area (Å²) in [5.74, 6) is 0.495. The van der Waals surface area contributed by atoms with Gasteiger partial charge in [-0.25, -0.2) is 0 Å². The molecular formula is C11H21NO2. The van der Waals surface area contributed by atoms with Gasteiger partial charge in [0.2, 0.25) is 6.41 Å². The molecule has 0 aromatic carbocycles. The topological polar surface area (TPSA) is 38.3 Å². The molecule has 0 aromatic heterocycles. The first kappa shape index (κ1) is 11.5. The molecule has 82 valence electrons. The van der Waals surface area contributed by atoms with E-state index in [-0.39, 0.29) is 17.7 Å². The van der Waals surface area contributed by atoms with Crippen LogP contribution in [0.15, 0.2) is 0 Å². The Kier molecular flexibility index (Phi) is 3.53. The van der Waals surface area contributed by atoms with Crippen molar-refractivity contribution in [2.45, 2.75) is 58.3 Å². The third-order valence-corrected chi connectivity index (χ3v) is 3.00. The number of rotatable bonds is 2. The Labute approximate surface area is 86.2 Å². The maximum absolute atomic E-state index is 10.4. The van der Waals surface area contributed by atoms with Crippen molar-refractivity contribution < 1.29 is 9.53 Å². The fraction of sp³-hybridized carbons (Fsp3) is 0.909. The molecule has 0 spiro atoms. The third kappa shape index (κ3) is 2.98. The smallest absolute Gasteiger partial charge is 0.207 e. The van der Waals surface area contributed by atoms with Crippen molar-refractivity contribution >= 4 is 6.41 Å². The highest BCUT2D eigenvalue weighted by atomic mass is 16.5. The predicted octanol–water partition coefficient (Wildman–Crippen LogP) is 1.71. The van der Waals surface area contributed by atoms with Gasteiger partial charge in [-0.3, -0.25) is 4.79 Å². The Morgan fingerprint density at radius 2 is 2.07 bits per heavy atom. The van der Waals surface area contributed by atoms with E-state index < -0.39 is 0 Å². The van der Waals surface area contributed by atoms with E-state index in [0.29, 0.717) is 5.92 Å². The molecule has 0 bridgehead atoms. The zero-order valence-corrected chi connectivity index (χ0v) is 9.54. The molecule has 1 amide bonds. The Hall–Kier alpha value is -0.570. The lowest BCUT2D eigenvalue weighted by molar-refractivity contribution is -0.110. The highest BCUT2D eigenvalue weighted by molar-refractivity contribution is 5.46. The average molecular weight is 199 g/mol. The largest absolute Gasteiger partial charge is 0.372 e. The molecule has 1 rings (SSSR count). The molecule has 1 saturated heterocycles. The number of nitrogens with one attached hydrogen (secondary N) is 1. The molecule has 1 aliphatic heterocycles. The first-order valence-corrected chi connectivity index (χ1v) is 5.32. The van der Waals surface area contributed by atoms with Crippen molar-refractivity contribution in [2.75, 3.05) is 0 Å². The van der Waals surface area contributed by atoms with Gasteiger partial charge in [0.1, 0.15) is 0 Å². The molecule has 1 fully saturated rings. The Bertz CT molecular complexity index is 203. The van der Waals surface area contributed by atoms with Gasteiger partial charge < -0.3 is 10.1 Å². The van der Waals surface area contributed by atoms with Crippen LogP contribution in [0.1, 0.15) is 40.5 Å². The molecule has 0 aliphatic carbocycles. The van der Waals surface area contributed by atoms with E-state index >= 15 is 0 Å².